The Labute approximate surface area is 113 Å². The normalized spacial score (nSPS) is 20.8. The summed E-state index contributed by atoms with van der Waals surface area (Å²) in [6, 6.07) is 9.16. The molecule has 0 saturated heterocycles. The molecule has 0 fully saturated rings. The van der Waals surface area contributed by atoms with Crippen molar-refractivity contribution >= 4 is 11.8 Å². The van der Waals surface area contributed by atoms with Crippen molar-refractivity contribution in [2.45, 2.75) is 30.7 Å². The van der Waals surface area contributed by atoms with Gasteiger partial charge in [0.1, 0.15) is 0 Å². The number of hydrogen-bond acceptors (Lipinski definition) is 4. The molecule has 18 heavy (non-hydrogen) atoms. The quantitative estimate of drug-likeness (QED) is 0.782. The van der Waals surface area contributed by atoms with Gasteiger partial charge in [-0.3, -0.25) is 4.90 Å². The van der Waals surface area contributed by atoms with E-state index in [4.69, 9.17) is 9.47 Å². The smallest absolute Gasteiger partial charge is 0.169 e. The molecule has 0 aliphatic carbocycles. The third kappa shape index (κ3) is 3.26. The summed E-state index contributed by atoms with van der Waals surface area (Å²) in [7, 11) is 3.39. The Morgan fingerprint density at radius 3 is 2.78 bits per heavy atom. The second-order valence-electron chi connectivity index (χ2n) is 4.60. The predicted molar refractivity (Wildman–Crippen MR) is 74.8 cm³/mol. The van der Waals surface area contributed by atoms with E-state index in [9.17, 15) is 0 Å². The summed E-state index contributed by atoms with van der Waals surface area (Å²) in [5.74, 6) is 1.11. The highest BCUT2D eigenvalue weighted by Gasteiger charge is 2.23. The van der Waals surface area contributed by atoms with Crippen molar-refractivity contribution in [2.24, 2.45) is 0 Å². The van der Waals surface area contributed by atoms with Crippen molar-refractivity contribution in [1.82, 2.24) is 4.90 Å². The summed E-state index contributed by atoms with van der Waals surface area (Å²) >= 11 is 1.94. The van der Waals surface area contributed by atoms with Gasteiger partial charge in [-0.1, -0.05) is 18.2 Å². The molecule has 0 spiro atoms. The lowest BCUT2D eigenvalue weighted by atomic mass is 10.2. The van der Waals surface area contributed by atoms with Crippen molar-refractivity contribution in [3.05, 3.63) is 29.8 Å². The van der Waals surface area contributed by atoms with Gasteiger partial charge in [0.2, 0.25) is 0 Å². The molecule has 0 saturated carbocycles. The molecule has 1 aliphatic heterocycles. The van der Waals surface area contributed by atoms with Gasteiger partial charge in [-0.2, -0.15) is 0 Å². The minimum absolute atomic E-state index is 0.150. The molecule has 0 bridgehead atoms. The first-order valence-electron chi connectivity index (χ1n) is 6.25. The zero-order valence-corrected chi connectivity index (χ0v) is 12.1. The summed E-state index contributed by atoms with van der Waals surface area (Å²) in [6.07, 6.45) is -0.150. The average Bonchev–Trinajstić information content (AvgIpc) is 2.56. The van der Waals surface area contributed by atoms with E-state index in [1.807, 2.05) is 11.8 Å². The van der Waals surface area contributed by atoms with E-state index in [0.717, 1.165) is 18.8 Å². The molecule has 1 aliphatic rings. The number of thioether (sulfide) groups is 1. The van der Waals surface area contributed by atoms with Gasteiger partial charge in [-0.05, 0) is 18.6 Å². The Balaban J connectivity index is 2.11. The van der Waals surface area contributed by atoms with E-state index < -0.39 is 0 Å². The maximum absolute atomic E-state index is 5.31. The van der Waals surface area contributed by atoms with Gasteiger partial charge in [-0.15, -0.1) is 11.8 Å². The molecule has 100 valence electrons. The molecule has 1 aromatic carbocycles. The van der Waals surface area contributed by atoms with Crippen LogP contribution in [-0.4, -0.2) is 43.7 Å². The minimum Gasteiger partial charge on any atom is -0.355 e. The van der Waals surface area contributed by atoms with Crippen LogP contribution in [0.2, 0.25) is 0 Å². The summed E-state index contributed by atoms with van der Waals surface area (Å²) in [4.78, 5) is 3.83. The zero-order chi connectivity index (χ0) is 13.0. The van der Waals surface area contributed by atoms with Crippen LogP contribution in [0, 0.1) is 0 Å². The standard InChI is InChI=1S/C14H21NO2S/c1-11-10-18-13-7-5-4-6-12(13)8-15(11)9-14(16-2)17-3/h4-7,11,14H,8-10H2,1-3H3. The van der Waals surface area contributed by atoms with Crippen LogP contribution in [0.25, 0.3) is 0 Å². The SMILES string of the molecule is COC(CN1Cc2ccccc2SCC1C)OC. The predicted octanol–water partition coefficient (Wildman–Crippen LogP) is 2.60. The van der Waals surface area contributed by atoms with Crippen molar-refractivity contribution in [1.29, 1.82) is 0 Å². The van der Waals surface area contributed by atoms with Crippen molar-refractivity contribution < 1.29 is 9.47 Å². The molecule has 1 unspecified atom stereocenters. The first-order valence-corrected chi connectivity index (χ1v) is 7.23. The Morgan fingerprint density at radius 2 is 2.06 bits per heavy atom. The molecule has 1 atom stereocenters. The van der Waals surface area contributed by atoms with E-state index >= 15 is 0 Å². The highest BCUT2D eigenvalue weighted by molar-refractivity contribution is 7.99. The molecule has 3 nitrogen and oxygen atoms in total. The number of methoxy groups -OCH3 is 2. The van der Waals surface area contributed by atoms with Gasteiger partial charge in [0, 0.05) is 37.5 Å². The molecule has 2 rings (SSSR count). The fourth-order valence-electron chi connectivity index (χ4n) is 2.15. The third-order valence-electron chi connectivity index (χ3n) is 3.36. The van der Waals surface area contributed by atoms with E-state index in [0.29, 0.717) is 6.04 Å². The lowest BCUT2D eigenvalue weighted by Gasteiger charge is -2.29. The molecule has 0 N–H and O–H groups in total. The number of fused-ring (bicyclic) bond motifs is 1. The van der Waals surface area contributed by atoms with Gasteiger partial charge in [-0.25, -0.2) is 0 Å². The van der Waals surface area contributed by atoms with Gasteiger partial charge < -0.3 is 9.47 Å². The topological polar surface area (TPSA) is 21.7 Å². The molecular formula is C14H21NO2S. The summed E-state index contributed by atoms with van der Waals surface area (Å²) in [6.45, 7) is 4.04. The van der Waals surface area contributed by atoms with Crippen LogP contribution in [0.4, 0.5) is 0 Å². The van der Waals surface area contributed by atoms with E-state index in [1.54, 1.807) is 14.2 Å². The first kappa shape index (κ1) is 13.9. The van der Waals surface area contributed by atoms with Crippen LogP contribution in [-0.2, 0) is 16.0 Å². The molecule has 1 heterocycles. The number of benzene rings is 1. The lowest BCUT2D eigenvalue weighted by Crippen LogP contribution is -2.40. The first-order chi connectivity index (χ1) is 8.74. The molecular weight excluding hydrogens is 246 g/mol. The van der Waals surface area contributed by atoms with Crippen LogP contribution < -0.4 is 0 Å². The number of rotatable bonds is 4. The average molecular weight is 267 g/mol. The van der Waals surface area contributed by atoms with Crippen molar-refractivity contribution in [2.75, 3.05) is 26.5 Å². The summed E-state index contributed by atoms with van der Waals surface area (Å²) in [5, 5.41) is 0. The fraction of sp³-hybridized carbons (Fsp3) is 0.571. The molecule has 0 radical (unpaired) electrons. The number of nitrogens with zero attached hydrogens (tertiary/aromatic N) is 1. The number of hydrogen-bond donors (Lipinski definition) is 0. The Kier molecular flexibility index (Phi) is 5.06. The van der Waals surface area contributed by atoms with Crippen LogP contribution in [0.15, 0.2) is 29.2 Å². The van der Waals surface area contributed by atoms with Crippen LogP contribution in [0.5, 0.6) is 0 Å². The molecule has 1 aromatic rings. The monoisotopic (exact) mass is 267 g/mol. The van der Waals surface area contributed by atoms with E-state index in [1.165, 1.54) is 10.5 Å². The molecule has 4 heteroatoms. The Hall–Kier alpha value is -0.550. The molecule has 0 amide bonds. The number of ether oxygens (including phenoxy) is 2. The maximum Gasteiger partial charge on any atom is 0.169 e. The van der Waals surface area contributed by atoms with E-state index in [2.05, 4.69) is 36.1 Å². The van der Waals surface area contributed by atoms with E-state index in [-0.39, 0.29) is 6.29 Å². The zero-order valence-electron chi connectivity index (χ0n) is 11.3. The second-order valence-corrected chi connectivity index (χ2v) is 5.66. The van der Waals surface area contributed by atoms with Gasteiger partial charge in [0.25, 0.3) is 0 Å². The second kappa shape index (κ2) is 6.57. The van der Waals surface area contributed by atoms with Crippen molar-refractivity contribution in [3.8, 4) is 0 Å². The van der Waals surface area contributed by atoms with Gasteiger partial charge in [0.15, 0.2) is 6.29 Å². The highest BCUT2D eigenvalue weighted by atomic mass is 32.2. The van der Waals surface area contributed by atoms with Crippen LogP contribution in [0.3, 0.4) is 0 Å². The largest absolute Gasteiger partial charge is 0.355 e. The Morgan fingerprint density at radius 1 is 1.33 bits per heavy atom. The summed E-state index contributed by atoms with van der Waals surface area (Å²) in [5.41, 5.74) is 1.40. The molecule has 0 aromatic heterocycles. The van der Waals surface area contributed by atoms with Crippen LogP contribution in [0.1, 0.15) is 12.5 Å². The maximum atomic E-state index is 5.31. The minimum atomic E-state index is -0.150. The van der Waals surface area contributed by atoms with Gasteiger partial charge in [0.05, 0.1) is 6.54 Å². The van der Waals surface area contributed by atoms with Crippen LogP contribution >= 0.6 is 11.8 Å². The third-order valence-corrected chi connectivity index (χ3v) is 4.72. The Bertz CT molecular complexity index is 382. The lowest BCUT2D eigenvalue weighted by molar-refractivity contribution is -0.120. The van der Waals surface area contributed by atoms with Crippen molar-refractivity contribution in [3.63, 3.8) is 0 Å². The highest BCUT2D eigenvalue weighted by Crippen LogP contribution is 2.29. The summed E-state index contributed by atoms with van der Waals surface area (Å²) < 4.78 is 10.6. The van der Waals surface area contributed by atoms with Gasteiger partial charge >= 0.3 is 0 Å². The fourth-order valence-corrected chi connectivity index (χ4v) is 3.27.